The van der Waals surface area contributed by atoms with Gasteiger partial charge in [0.25, 0.3) is 0 Å². The van der Waals surface area contributed by atoms with Crippen LogP contribution in [0.1, 0.15) is 65.0 Å². The number of amides is 1. The fourth-order valence-electron chi connectivity index (χ4n) is 5.89. The van der Waals surface area contributed by atoms with Crippen molar-refractivity contribution in [3.8, 4) is 0 Å². The molecule has 2 N–H and O–H groups in total. The topological polar surface area (TPSA) is 75.7 Å². The third kappa shape index (κ3) is 4.34. The Hall–Kier alpha value is -2.02. The van der Waals surface area contributed by atoms with E-state index in [1.54, 1.807) is 0 Å². The summed E-state index contributed by atoms with van der Waals surface area (Å²) < 4.78 is 11.2. The van der Waals surface area contributed by atoms with Gasteiger partial charge < -0.3 is 25.0 Å². The maximum absolute atomic E-state index is 11.9. The Labute approximate surface area is 185 Å². The first-order chi connectivity index (χ1) is 14.7. The molecule has 7 nitrogen and oxygen atoms in total. The zero-order valence-electron chi connectivity index (χ0n) is 19.2. The van der Waals surface area contributed by atoms with Gasteiger partial charge in [-0.15, -0.1) is 0 Å². The van der Waals surface area contributed by atoms with Gasteiger partial charge in [0.1, 0.15) is 11.4 Å². The van der Waals surface area contributed by atoms with Crippen molar-refractivity contribution in [3.63, 3.8) is 0 Å². The molecular weight excluding hydrogens is 392 g/mol. The molecule has 1 aromatic rings. The van der Waals surface area contributed by atoms with E-state index in [1.807, 2.05) is 20.8 Å². The summed E-state index contributed by atoms with van der Waals surface area (Å²) in [6.45, 7) is 9.58. The number of hydrogen-bond donors (Lipinski definition) is 2. The van der Waals surface area contributed by atoms with Crippen LogP contribution in [0.4, 0.5) is 16.3 Å². The van der Waals surface area contributed by atoms with Crippen LogP contribution in [-0.4, -0.2) is 54.1 Å². The van der Waals surface area contributed by atoms with Crippen LogP contribution in [0.5, 0.6) is 0 Å². The van der Waals surface area contributed by atoms with E-state index in [-0.39, 0.29) is 12.1 Å². The highest BCUT2D eigenvalue weighted by Crippen LogP contribution is 2.56. The maximum Gasteiger partial charge on any atom is 0.407 e. The summed E-state index contributed by atoms with van der Waals surface area (Å²) in [5, 5.41) is 6.72. The number of rotatable bonds is 4. The van der Waals surface area contributed by atoms with Gasteiger partial charge in [-0.1, -0.05) is 0 Å². The lowest BCUT2D eigenvalue weighted by molar-refractivity contribution is -0.0228. The second-order valence-electron chi connectivity index (χ2n) is 11.1. The van der Waals surface area contributed by atoms with Gasteiger partial charge in [0, 0.05) is 18.6 Å². The molecule has 6 rings (SSSR count). The van der Waals surface area contributed by atoms with Crippen molar-refractivity contribution in [1.29, 1.82) is 0 Å². The average molecular weight is 429 g/mol. The molecule has 5 fully saturated rings. The van der Waals surface area contributed by atoms with Crippen molar-refractivity contribution in [2.24, 2.45) is 5.41 Å². The lowest BCUT2D eigenvalue weighted by atomic mass is 9.52. The van der Waals surface area contributed by atoms with Gasteiger partial charge in [-0.2, -0.15) is 0 Å². The third-order valence-electron chi connectivity index (χ3n) is 7.35. The zero-order valence-corrected chi connectivity index (χ0v) is 19.2. The number of nitrogens with zero attached hydrogens (tertiary/aromatic N) is 2. The lowest BCUT2D eigenvalue weighted by Gasteiger charge is -2.58. The molecule has 7 heteroatoms. The summed E-state index contributed by atoms with van der Waals surface area (Å²) in [6, 6.07) is 5.58. The van der Waals surface area contributed by atoms with Gasteiger partial charge in [0.15, 0.2) is 0 Å². The monoisotopic (exact) mass is 428 g/mol. The standard InChI is InChI=1S/C24H36N4O3/c1-15-20(7-8-21(25-15)28-13-19-6-5-18(28)14-30-19)26-16-9-24(10-16)11-17(12-24)27-22(29)31-23(2,3)4/h7-8,16-19,26H,5-6,9-14H2,1-4H3,(H,27,29). The third-order valence-corrected chi connectivity index (χ3v) is 7.35. The molecule has 1 aromatic heterocycles. The Morgan fingerprint density at radius 3 is 2.52 bits per heavy atom. The molecule has 2 atom stereocenters. The number of pyridine rings is 1. The van der Waals surface area contributed by atoms with Crippen LogP contribution in [-0.2, 0) is 9.47 Å². The van der Waals surface area contributed by atoms with Gasteiger partial charge in [0.2, 0.25) is 0 Å². The molecule has 3 saturated heterocycles. The molecule has 3 aliphatic heterocycles. The number of piperidine rings is 1. The number of carbonyl (C=O) groups is 1. The number of aromatic nitrogens is 1. The van der Waals surface area contributed by atoms with E-state index in [1.165, 1.54) is 12.8 Å². The van der Waals surface area contributed by atoms with Gasteiger partial charge >= 0.3 is 6.09 Å². The van der Waals surface area contributed by atoms with E-state index in [9.17, 15) is 4.79 Å². The SMILES string of the molecule is Cc1nc(N2CC3CCC2CO3)ccc1NC1CC2(CC(NC(=O)OC(C)(C)C)C2)C1. The van der Waals surface area contributed by atoms with Gasteiger partial charge in [0.05, 0.1) is 30.1 Å². The molecule has 0 aromatic carbocycles. The van der Waals surface area contributed by atoms with E-state index < -0.39 is 5.60 Å². The minimum absolute atomic E-state index is 0.252. The minimum Gasteiger partial charge on any atom is -0.444 e. The Kier molecular flexibility index (Phi) is 5.07. The molecule has 170 valence electrons. The summed E-state index contributed by atoms with van der Waals surface area (Å²) in [5.41, 5.74) is 2.16. The first-order valence-corrected chi connectivity index (χ1v) is 11.8. The van der Waals surface area contributed by atoms with Crippen LogP contribution >= 0.6 is 0 Å². The number of morpholine rings is 1. The highest BCUT2D eigenvalue weighted by molar-refractivity contribution is 5.68. The molecule has 2 aliphatic carbocycles. The highest BCUT2D eigenvalue weighted by atomic mass is 16.6. The van der Waals surface area contributed by atoms with Crippen molar-refractivity contribution in [1.82, 2.24) is 10.3 Å². The molecule has 1 amide bonds. The van der Waals surface area contributed by atoms with Gasteiger partial charge in [-0.3, -0.25) is 0 Å². The van der Waals surface area contributed by atoms with E-state index in [0.29, 0.717) is 23.6 Å². The largest absolute Gasteiger partial charge is 0.444 e. The molecule has 2 saturated carbocycles. The summed E-state index contributed by atoms with van der Waals surface area (Å²) in [7, 11) is 0. The molecule has 1 spiro atoms. The van der Waals surface area contributed by atoms with Gasteiger partial charge in [-0.05, 0) is 83.8 Å². The van der Waals surface area contributed by atoms with Crippen LogP contribution in [0.2, 0.25) is 0 Å². The number of fused-ring (bicyclic) bond motifs is 3. The van der Waals surface area contributed by atoms with Crippen LogP contribution in [0.15, 0.2) is 12.1 Å². The van der Waals surface area contributed by atoms with Crippen LogP contribution in [0.25, 0.3) is 0 Å². The van der Waals surface area contributed by atoms with E-state index in [4.69, 9.17) is 14.5 Å². The number of nitrogens with one attached hydrogen (secondary N) is 2. The van der Waals surface area contributed by atoms with Crippen LogP contribution < -0.4 is 15.5 Å². The van der Waals surface area contributed by atoms with Gasteiger partial charge in [-0.25, -0.2) is 9.78 Å². The summed E-state index contributed by atoms with van der Waals surface area (Å²) in [5.74, 6) is 1.08. The quantitative estimate of drug-likeness (QED) is 0.755. The van der Waals surface area contributed by atoms with Crippen molar-refractivity contribution < 1.29 is 14.3 Å². The number of aryl methyl sites for hydroxylation is 1. The molecule has 4 heterocycles. The number of ether oxygens (including phenoxy) is 2. The predicted octanol–water partition coefficient (Wildman–Crippen LogP) is 4.01. The highest BCUT2D eigenvalue weighted by Gasteiger charge is 2.53. The van der Waals surface area contributed by atoms with Crippen molar-refractivity contribution in [2.75, 3.05) is 23.4 Å². The first kappa shape index (κ1) is 20.9. The second kappa shape index (κ2) is 7.54. The Balaban J connectivity index is 1.09. The average Bonchev–Trinajstić information content (AvgIpc) is 2.65. The Morgan fingerprint density at radius 1 is 1.19 bits per heavy atom. The van der Waals surface area contributed by atoms with Crippen LogP contribution in [0.3, 0.4) is 0 Å². The second-order valence-corrected chi connectivity index (χ2v) is 11.1. The maximum atomic E-state index is 11.9. The fraction of sp³-hybridized carbons (Fsp3) is 0.750. The van der Waals surface area contributed by atoms with E-state index in [0.717, 1.165) is 56.0 Å². The minimum atomic E-state index is -0.445. The summed E-state index contributed by atoms with van der Waals surface area (Å²) >= 11 is 0. The number of hydrogen-bond acceptors (Lipinski definition) is 6. The molecule has 31 heavy (non-hydrogen) atoms. The van der Waals surface area contributed by atoms with Crippen molar-refractivity contribution in [2.45, 2.75) is 96.1 Å². The number of anilines is 2. The normalized spacial score (nSPS) is 34.1. The lowest BCUT2D eigenvalue weighted by Crippen LogP contribution is -2.59. The Bertz CT molecular complexity index is 830. The number of alkyl carbamates (subject to hydrolysis) is 1. The van der Waals surface area contributed by atoms with E-state index in [2.05, 4.69) is 34.6 Å². The summed E-state index contributed by atoms with van der Waals surface area (Å²) in [6.07, 6.45) is 6.89. The smallest absolute Gasteiger partial charge is 0.407 e. The van der Waals surface area contributed by atoms with E-state index >= 15 is 0 Å². The van der Waals surface area contributed by atoms with Crippen molar-refractivity contribution in [3.05, 3.63) is 17.8 Å². The molecular formula is C24H36N4O3. The predicted molar refractivity (Wildman–Crippen MR) is 121 cm³/mol. The molecule has 2 unspecified atom stereocenters. The Morgan fingerprint density at radius 2 is 1.94 bits per heavy atom. The molecule has 5 aliphatic rings. The fourth-order valence-corrected chi connectivity index (χ4v) is 5.89. The van der Waals surface area contributed by atoms with Crippen molar-refractivity contribution >= 4 is 17.6 Å². The summed E-state index contributed by atoms with van der Waals surface area (Å²) in [4.78, 5) is 19.3. The zero-order chi connectivity index (χ0) is 21.8. The molecule has 2 bridgehead atoms. The number of carbonyl (C=O) groups excluding carboxylic acids is 1. The van der Waals surface area contributed by atoms with Crippen LogP contribution in [0, 0.1) is 12.3 Å². The first-order valence-electron chi connectivity index (χ1n) is 11.8. The molecule has 0 radical (unpaired) electrons.